The average molecular weight is 460 g/mol. The first-order valence-electron chi connectivity index (χ1n) is 11.8. The summed E-state index contributed by atoms with van der Waals surface area (Å²) >= 11 is 0. The van der Waals surface area contributed by atoms with Crippen LogP contribution in [0.3, 0.4) is 0 Å². The standard InChI is InChI=1S/C25H41BN2O5/c1-17(2)15-20(26-32-24(6,7)25(8,9)33-26)28-21(29)19(16-18-13-11-10-12-14-18)27-22(30)31-23(3,4)5/h10-14,17,19-20H,15-16H2,1-9H3,(H,27,30)(H,28,29)/t19-,20+/m0/s1. The summed E-state index contributed by atoms with van der Waals surface area (Å²) in [6, 6.07) is 8.78. The Labute approximate surface area is 199 Å². The zero-order chi connectivity index (χ0) is 25.0. The minimum atomic E-state index is -0.806. The molecule has 0 radical (unpaired) electrons. The van der Waals surface area contributed by atoms with Gasteiger partial charge in [-0.05, 0) is 66.4 Å². The third-order valence-electron chi connectivity index (χ3n) is 5.94. The molecule has 184 valence electrons. The molecule has 2 amide bonds. The Bertz CT molecular complexity index is 789. The van der Waals surface area contributed by atoms with Crippen LogP contribution in [0, 0.1) is 5.92 Å². The fourth-order valence-corrected chi connectivity index (χ4v) is 3.59. The third-order valence-corrected chi connectivity index (χ3v) is 5.94. The number of amides is 2. The number of carbonyl (C=O) groups excluding carboxylic acids is 2. The Morgan fingerprint density at radius 3 is 2.03 bits per heavy atom. The lowest BCUT2D eigenvalue weighted by molar-refractivity contribution is -0.123. The molecule has 0 aromatic heterocycles. The predicted molar refractivity (Wildman–Crippen MR) is 131 cm³/mol. The van der Waals surface area contributed by atoms with Crippen molar-refractivity contribution < 1.29 is 23.6 Å². The summed E-state index contributed by atoms with van der Waals surface area (Å²) in [4.78, 5) is 25.9. The first-order chi connectivity index (χ1) is 15.1. The Morgan fingerprint density at radius 1 is 1.00 bits per heavy atom. The zero-order valence-electron chi connectivity index (χ0n) is 21.7. The van der Waals surface area contributed by atoms with Crippen LogP contribution in [-0.4, -0.2) is 47.9 Å². The van der Waals surface area contributed by atoms with E-state index in [0.29, 0.717) is 18.8 Å². The number of nitrogens with one attached hydrogen (secondary N) is 2. The van der Waals surface area contributed by atoms with E-state index in [9.17, 15) is 9.59 Å². The number of ether oxygens (including phenoxy) is 1. The molecule has 0 spiro atoms. The van der Waals surface area contributed by atoms with Crippen LogP contribution in [0.25, 0.3) is 0 Å². The van der Waals surface area contributed by atoms with Gasteiger partial charge in [0.05, 0.1) is 17.1 Å². The second kappa shape index (κ2) is 10.5. The van der Waals surface area contributed by atoms with Gasteiger partial charge in [0, 0.05) is 6.42 Å². The van der Waals surface area contributed by atoms with E-state index in [0.717, 1.165) is 5.56 Å². The van der Waals surface area contributed by atoms with Crippen LogP contribution in [0.2, 0.25) is 0 Å². The summed E-state index contributed by atoms with van der Waals surface area (Å²) in [5.74, 6) is -0.358. The van der Waals surface area contributed by atoms with Crippen molar-refractivity contribution in [1.82, 2.24) is 10.6 Å². The maximum atomic E-state index is 13.4. The Hall–Kier alpha value is -2.06. The molecule has 0 bridgehead atoms. The van der Waals surface area contributed by atoms with Crippen molar-refractivity contribution in [2.75, 3.05) is 0 Å². The average Bonchev–Trinajstić information content (AvgIpc) is 2.87. The highest BCUT2D eigenvalue weighted by Crippen LogP contribution is 2.38. The number of hydrogen-bond acceptors (Lipinski definition) is 5. The Balaban J connectivity index is 2.21. The zero-order valence-corrected chi connectivity index (χ0v) is 21.7. The van der Waals surface area contributed by atoms with E-state index in [1.54, 1.807) is 20.8 Å². The number of benzene rings is 1. The van der Waals surface area contributed by atoms with Crippen molar-refractivity contribution in [1.29, 1.82) is 0 Å². The molecule has 2 N–H and O–H groups in total. The van der Waals surface area contributed by atoms with Crippen LogP contribution in [0.15, 0.2) is 30.3 Å². The van der Waals surface area contributed by atoms with E-state index in [2.05, 4.69) is 24.5 Å². The largest absolute Gasteiger partial charge is 0.481 e. The van der Waals surface area contributed by atoms with Gasteiger partial charge in [0.15, 0.2) is 0 Å². The minimum absolute atomic E-state index is 0.301. The molecule has 2 atom stereocenters. The van der Waals surface area contributed by atoms with E-state index in [1.807, 2.05) is 58.0 Å². The lowest BCUT2D eigenvalue weighted by Gasteiger charge is -2.32. The SMILES string of the molecule is CC(C)C[C@@H](NC(=O)[C@H](Cc1ccccc1)NC(=O)OC(C)(C)C)B1OC(C)(C)C(C)(C)O1. The van der Waals surface area contributed by atoms with Crippen molar-refractivity contribution in [2.45, 2.75) is 104 Å². The van der Waals surface area contributed by atoms with Gasteiger partial charge in [-0.25, -0.2) is 4.79 Å². The van der Waals surface area contributed by atoms with Gasteiger partial charge in [-0.3, -0.25) is 4.79 Å². The van der Waals surface area contributed by atoms with Crippen LogP contribution < -0.4 is 10.6 Å². The predicted octanol–water partition coefficient (Wildman–Crippen LogP) is 4.28. The quantitative estimate of drug-likeness (QED) is 0.566. The molecule has 1 aliphatic rings. The molecule has 0 unspecified atom stereocenters. The summed E-state index contributed by atoms with van der Waals surface area (Å²) in [5, 5.41) is 5.84. The molecule has 1 aliphatic heterocycles. The monoisotopic (exact) mass is 460 g/mol. The molecule has 0 saturated carbocycles. The van der Waals surface area contributed by atoms with E-state index < -0.39 is 36.1 Å². The number of rotatable bonds is 8. The Morgan fingerprint density at radius 2 is 1.55 bits per heavy atom. The van der Waals surface area contributed by atoms with Crippen molar-refractivity contribution in [3.05, 3.63) is 35.9 Å². The number of carbonyl (C=O) groups is 2. The van der Waals surface area contributed by atoms with Gasteiger partial charge < -0.3 is 24.7 Å². The normalized spacial score (nSPS) is 19.2. The minimum Gasteiger partial charge on any atom is -0.444 e. The molecule has 33 heavy (non-hydrogen) atoms. The second-order valence-corrected chi connectivity index (χ2v) is 11.3. The molecular formula is C25H41BN2O5. The van der Waals surface area contributed by atoms with Crippen molar-refractivity contribution in [3.63, 3.8) is 0 Å². The van der Waals surface area contributed by atoms with Crippen molar-refractivity contribution in [2.24, 2.45) is 5.92 Å². The lowest BCUT2D eigenvalue weighted by Crippen LogP contribution is -2.56. The molecule has 1 fully saturated rings. The smallest absolute Gasteiger partial charge is 0.444 e. The summed E-state index contributed by atoms with van der Waals surface area (Å²) in [6.07, 6.45) is 0.381. The lowest BCUT2D eigenvalue weighted by atomic mass is 9.74. The highest BCUT2D eigenvalue weighted by atomic mass is 16.7. The maximum Gasteiger partial charge on any atom is 0.481 e. The second-order valence-electron chi connectivity index (χ2n) is 11.3. The summed E-state index contributed by atoms with van der Waals surface area (Å²) in [6.45, 7) is 17.5. The molecule has 1 aromatic rings. The molecule has 1 aromatic carbocycles. The van der Waals surface area contributed by atoms with E-state index in [1.165, 1.54) is 0 Å². The first kappa shape index (κ1) is 27.2. The van der Waals surface area contributed by atoms with Gasteiger partial charge in [0.25, 0.3) is 0 Å². The van der Waals surface area contributed by atoms with Gasteiger partial charge in [-0.15, -0.1) is 0 Å². The molecule has 1 saturated heterocycles. The molecule has 1 heterocycles. The Kier molecular flexibility index (Phi) is 8.63. The maximum absolute atomic E-state index is 13.4. The molecule has 0 aliphatic carbocycles. The topological polar surface area (TPSA) is 85.9 Å². The van der Waals surface area contributed by atoms with Gasteiger partial charge in [0.2, 0.25) is 5.91 Å². The third kappa shape index (κ3) is 8.04. The first-order valence-corrected chi connectivity index (χ1v) is 11.8. The summed E-state index contributed by atoms with van der Waals surface area (Å²) < 4.78 is 17.8. The van der Waals surface area contributed by atoms with Crippen LogP contribution in [0.4, 0.5) is 4.79 Å². The fraction of sp³-hybridized carbons (Fsp3) is 0.680. The summed E-state index contributed by atoms with van der Waals surface area (Å²) in [5.41, 5.74) is -0.739. The summed E-state index contributed by atoms with van der Waals surface area (Å²) in [7, 11) is -0.583. The highest BCUT2D eigenvalue weighted by molar-refractivity contribution is 6.48. The van der Waals surface area contributed by atoms with Crippen LogP contribution >= 0.6 is 0 Å². The van der Waals surface area contributed by atoms with Gasteiger partial charge >= 0.3 is 13.2 Å². The number of hydrogen-bond donors (Lipinski definition) is 2. The van der Waals surface area contributed by atoms with Crippen LogP contribution in [-0.2, 0) is 25.3 Å². The van der Waals surface area contributed by atoms with E-state index in [-0.39, 0.29) is 11.8 Å². The van der Waals surface area contributed by atoms with E-state index >= 15 is 0 Å². The van der Waals surface area contributed by atoms with Gasteiger partial charge in [0.1, 0.15) is 11.6 Å². The highest BCUT2D eigenvalue weighted by Gasteiger charge is 2.54. The molecular weight excluding hydrogens is 419 g/mol. The van der Waals surface area contributed by atoms with Crippen LogP contribution in [0.5, 0.6) is 0 Å². The molecule has 8 heteroatoms. The number of alkyl carbamates (subject to hydrolysis) is 1. The molecule has 2 rings (SSSR count). The van der Waals surface area contributed by atoms with Crippen LogP contribution in [0.1, 0.15) is 74.3 Å². The van der Waals surface area contributed by atoms with Gasteiger partial charge in [-0.1, -0.05) is 44.2 Å². The van der Waals surface area contributed by atoms with Crippen molar-refractivity contribution in [3.8, 4) is 0 Å². The fourth-order valence-electron chi connectivity index (χ4n) is 3.59. The van der Waals surface area contributed by atoms with Gasteiger partial charge in [-0.2, -0.15) is 0 Å². The molecule has 7 nitrogen and oxygen atoms in total. The van der Waals surface area contributed by atoms with E-state index in [4.69, 9.17) is 14.0 Å². The van der Waals surface area contributed by atoms with Crippen molar-refractivity contribution >= 4 is 19.1 Å².